The number of aryl methyl sites for hydroxylation is 2. The summed E-state index contributed by atoms with van der Waals surface area (Å²) in [6.45, 7) is 4.48. The Morgan fingerprint density at radius 3 is 2.67 bits per heavy atom. The second-order valence-corrected chi connectivity index (χ2v) is 6.38. The van der Waals surface area contributed by atoms with Crippen LogP contribution >= 0.6 is 0 Å². The summed E-state index contributed by atoms with van der Waals surface area (Å²) in [6, 6.07) is 0.217. The lowest BCUT2D eigenvalue weighted by atomic mass is 9.89. The fourth-order valence-corrected chi connectivity index (χ4v) is 3.76. The molecule has 3 atom stereocenters. The second kappa shape index (κ2) is 5.16. The van der Waals surface area contributed by atoms with Crippen molar-refractivity contribution in [3.63, 3.8) is 0 Å². The first kappa shape index (κ1) is 14.1. The van der Waals surface area contributed by atoms with Gasteiger partial charge < -0.3 is 10.2 Å². The van der Waals surface area contributed by atoms with Crippen molar-refractivity contribution in [3.05, 3.63) is 17.0 Å². The van der Waals surface area contributed by atoms with Crippen LogP contribution in [0.1, 0.15) is 41.0 Å². The minimum atomic E-state index is 0.0293. The van der Waals surface area contributed by atoms with Crippen molar-refractivity contribution >= 4 is 11.8 Å². The highest BCUT2D eigenvalue weighted by Crippen LogP contribution is 2.38. The molecule has 1 saturated heterocycles. The molecule has 2 heterocycles. The molecule has 2 fully saturated rings. The van der Waals surface area contributed by atoms with Gasteiger partial charge >= 0.3 is 0 Å². The maximum atomic E-state index is 12.7. The van der Waals surface area contributed by atoms with Crippen molar-refractivity contribution < 1.29 is 9.59 Å². The summed E-state index contributed by atoms with van der Waals surface area (Å²) in [5.74, 6) is 1.11. The molecule has 0 unspecified atom stereocenters. The molecule has 1 aromatic rings. The predicted octanol–water partition coefficient (Wildman–Crippen LogP) is 1.01. The molecule has 6 heteroatoms. The summed E-state index contributed by atoms with van der Waals surface area (Å²) >= 11 is 0. The Bertz CT molecular complexity index is 561. The quantitative estimate of drug-likeness (QED) is 0.853. The number of piperidine rings is 1. The first-order chi connectivity index (χ1) is 9.97. The molecule has 1 aromatic heterocycles. The van der Waals surface area contributed by atoms with Gasteiger partial charge in [0.15, 0.2) is 0 Å². The maximum absolute atomic E-state index is 12.7. The molecular weight excluding hydrogens is 268 g/mol. The van der Waals surface area contributed by atoms with Crippen LogP contribution in [0.5, 0.6) is 0 Å². The normalized spacial score (nSPS) is 28.1. The van der Waals surface area contributed by atoms with Gasteiger partial charge in [0.2, 0.25) is 5.91 Å². The van der Waals surface area contributed by atoms with Crippen LogP contribution in [0.3, 0.4) is 0 Å². The van der Waals surface area contributed by atoms with E-state index in [9.17, 15) is 9.59 Å². The van der Waals surface area contributed by atoms with E-state index in [1.807, 2.05) is 25.8 Å². The van der Waals surface area contributed by atoms with E-state index >= 15 is 0 Å². The summed E-state index contributed by atoms with van der Waals surface area (Å²) in [4.78, 5) is 26.0. The van der Waals surface area contributed by atoms with E-state index in [4.69, 9.17) is 0 Å². The zero-order valence-electron chi connectivity index (χ0n) is 12.8. The van der Waals surface area contributed by atoms with Gasteiger partial charge in [0.25, 0.3) is 5.91 Å². The van der Waals surface area contributed by atoms with Gasteiger partial charge in [-0.15, -0.1) is 0 Å². The molecule has 2 amide bonds. The largest absolute Gasteiger partial charge is 0.356 e. The third kappa shape index (κ3) is 2.43. The number of nitrogens with zero attached hydrogens (tertiary/aromatic N) is 2. The van der Waals surface area contributed by atoms with Crippen LogP contribution in [-0.2, 0) is 4.79 Å². The van der Waals surface area contributed by atoms with Crippen molar-refractivity contribution in [1.29, 1.82) is 0 Å². The first-order valence-electron chi connectivity index (χ1n) is 7.52. The Labute approximate surface area is 124 Å². The van der Waals surface area contributed by atoms with E-state index in [2.05, 4.69) is 15.5 Å². The highest BCUT2D eigenvalue weighted by atomic mass is 16.2. The van der Waals surface area contributed by atoms with Crippen LogP contribution in [0.15, 0.2) is 0 Å². The summed E-state index contributed by atoms with van der Waals surface area (Å²) in [7, 11) is 1.87. The Balaban J connectivity index is 1.73. The van der Waals surface area contributed by atoms with Crippen molar-refractivity contribution in [1.82, 2.24) is 20.4 Å². The van der Waals surface area contributed by atoms with Crippen LogP contribution in [0.2, 0.25) is 0 Å². The molecule has 0 spiro atoms. The number of aromatic amines is 1. The number of aromatic nitrogens is 2. The first-order valence-corrected chi connectivity index (χ1v) is 7.52. The van der Waals surface area contributed by atoms with Gasteiger partial charge in [0.05, 0.1) is 11.3 Å². The monoisotopic (exact) mass is 290 g/mol. The third-order valence-corrected chi connectivity index (χ3v) is 5.04. The smallest absolute Gasteiger partial charge is 0.257 e. The van der Waals surface area contributed by atoms with E-state index < -0.39 is 0 Å². The molecule has 21 heavy (non-hydrogen) atoms. The van der Waals surface area contributed by atoms with Gasteiger partial charge in [0.1, 0.15) is 0 Å². The number of amides is 2. The molecule has 0 aromatic carbocycles. The SMILES string of the molecule is Cc1n[nH]c(C)c1C(=O)N(C)[C@H]1C[C@H]2CC(=O)NC[C@H]2C1. The van der Waals surface area contributed by atoms with Crippen LogP contribution in [0.25, 0.3) is 0 Å². The standard InChI is InChI=1S/C15H22N4O2/c1-8-14(9(2)18-17-8)15(21)19(3)12-4-10-6-13(20)16-7-11(10)5-12/h10-12H,4-7H2,1-3H3,(H,16,20)(H,17,18)/t10-,11+,12-/m0/s1. The predicted molar refractivity (Wildman–Crippen MR) is 77.8 cm³/mol. The van der Waals surface area contributed by atoms with E-state index in [1.54, 1.807) is 0 Å². The zero-order chi connectivity index (χ0) is 15.1. The maximum Gasteiger partial charge on any atom is 0.257 e. The van der Waals surface area contributed by atoms with Gasteiger partial charge in [0, 0.05) is 31.7 Å². The third-order valence-electron chi connectivity index (χ3n) is 5.04. The molecule has 3 rings (SSSR count). The number of nitrogens with one attached hydrogen (secondary N) is 2. The van der Waals surface area contributed by atoms with Crippen molar-refractivity contribution in [2.24, 2.45) is 11.8 Å². The molecular formula is C15H22N4O2. The molecule has 1 aliphatic carbocycles. The van der Waals surface area contributed by atoms with Gasteiger partial charge in [-0.1, -0.05) is 0 Å². The van der Waals surface area contributed by atoms with Crippen LogP contribution in [-0.4, -0.2) is 46.5 Å². The van der Waals surface area contributed by atoms with Crippen molar-refractivity contribution in [2.45, 2.75) is 39.2 Å². The number of carbonyl (C=O) groups excluding carboxylic acids is 2. The minimum absolute atomic E-state index is 0.0293. The highest BCUT2D eigenvalue weighted by Gasteiger charge is 2.41. The van der Waals surface area contributed by atoms with Crippen molar-refractivity contribution in [2.75, 3.05) is 13.6 Å². The molecule has 0 bridgehead atoms. The molecule has 1 saturated carbocycles. The summed E-state index contributed by atoms with van der Waals surface area (Å²) in [6.07, 6.45) is 2.51. The molecule has 0 radical (unpaired) electrons. The Morgan fingerprint density at radius 2 is 2.00 bits per heavy atom. The highest BCUT2D eigenvalue weighted by molar-refractivity contribution is 5.96. The lowest BCUT2D eigenvalue weighted by Crippen LogP contribution is -2.38. The number of hydrogen-bond acceptors (Lipinski definition) is 3. The number of fused-ring (bicyclic) bond motifs is 1. The zero-order valence-corrected chi connectivity index (χ0v) is 12.8. The lowest BCUT2D eigenvalue weighted by molar-refractivity contribution is -0.124. The van der Waals surface area contributed by atoms with E-state index in [-0.39, 0.29) is 17.9 Å². The van der Waals surface area contributed by atoms with Crippen LogP contribution < -0.4 is 5.32 Å². The lowest BCUT2D eigenvalue weighted by Gasteiger charge is -2.25. The summed E-state index contributed by atoms with van der Waals surface area (Å²) < 4.78 is 0. The Hall–Kier alpha value is -1.85. The van der Waals surface area contributed by atoms with Gasteiger partial charge in [-0.2, -0.15) is 5.10 Å². The molecule has 6 nitrogen and oxygen atoms in total. The second-order valence-electron chi connectivity index (χ2n) is 6.38. The van der Waals surface area contributed by atoms with Gasteiger partial charge in [-0.3, -0.25) is 14.7 Å². The van der Waals surface area contributed by atoms with Crippen LogP contribution in [0, 0.1) is 25.7 Å². The number of H-pyrrole nitrogens is 1. The molecule has 2 aliphatic rings. The average molecular weight is 290 g/mol. The molecule has 114 valence electrons. The average Bonchev–Trinajstić information content (AvgIpc) is 3.00. The van der Waals surface area contributed by atoms with Gasteiger partial charge in [-0.25, -0.2) is 0 Å². The van der Waals surface area contributed by atoms with E-state index in [0.717, 1.165) is 30.8 Å². The topological polar surface area (TPSA) is 78.1 Å². The number of carbonyl (C=O) groups is 2. The fraction of sp³-hybridized carbons (Fsp3) is 0.667. The summed E-state index contributed by atoms with van der Waals surface area (Å²) in [5, 5.41) is 9.90. The number of hydrogen-bond donors (Lipinski definition) is 2. The van der Waals surface area contributed by atoms with E-state index in [0.29, 0.717) is 23.8 Å². The fourth-order valence-electron chi connectivity index (χ4n) is 3.76. The van der Waals surface area contributed by atoms with Crippen molar-refractivity contribution in [3.8, 4) is 0 Å². The summed E-state index contributed by atoms with van der Waals surface area (Å²) in [5.41, 5.74) is 2.25. The Morgan fingerprint density at radius 1 is 1.29 bits per heavy atom. The number of rotatable bonds is 2. The Kier molecular flexibility index (Phi) is 3.47. The van der Waals surface area contributed by atoms with Crippen LogP contribution in [0.4, 0.5) is 0 Å². The molecule has 2 N–H and O–H groups in total. The van der Waals surface area contributed by atoms with E-state index in [1.165, 1.54) is 0 Å². The minimum Gasteiger partial charge on any atom is -0.356 e. The van der Waals surface area contributed by atoms with Gasteiger partial charge in [-0.05, 0) is 38.5 Å². The molecule has 1 aliphatic heterocycles.